The van der Waals surface area contributed by atoms with E-state index in [1.54, 1.807) is 18.3 Å². The van der Waals surface area contributed by atoms with Crippen molar-refractivity contribution in [1.82, 2.24) is 15.2 Å². The zero-order chi connectivity index (χ0) is 16.9. The Hall–Kier alpha value is -1.92. The number of rotatable bonds is 5. The normalized spacial score (nSPS) is 17.1. The van der Waals surface area contributed by atoms with E-state index in [0.29, 0.717) is 23.1 Å². The van der Waals surface area contributed by atoms with Crippen molar-refractivity contribution in [3.8, 4) is 11.6 Å². The van der Waals surface area contributed by atoms with Gasteiger partial charge in [-0.15, -0.1) is 0 Å². The molecule has 2 heterocycles. The first-order valence-electron chi connectivity index (χ1n) is 7.99. The number of ether oxygens (including phenoxy) is 1. The van der Waals surface area contributed by atoms with Gasteiger partial charge in [-0.25, -0.2) is 4.98 Å². The van der Waals surface area contributed by atoms with Crippen LogP contribution in [0.25, 0.3) is 0 Å². The van der Waals surface area contributed by atoms with Gasteiger partial charge in [-0.3, -0.25) is 4.79 Å². The van der Waals surface area contributed by atoms with Crippen molar-refractivity contribution >= 4 is 21.8 Å². The van der Waals surface area contributed by atoms with Crippen LogP contribution < -0.4 is 10.1 Å². The molecular formula is C18H20BrN3O2. The number of hydrogen-bond acceptors (Lipinski definition) is 4. The largest absolute Gasteiger partial charge is 0.439 e. The second-order valence-electron chi connectivity index (χ2n) is 5.91. The minimum Gasteiger partial charge on any atom is -0.439 e. The Morgan fingerprint density at radius 1 is 1.42 bits per heavy atom. The molecule has 0 unspecified atom stereocenters. The summed E-state index contributed by atoms with van der Waals surface area (Å²) in [5.41, 5.74) is 0.599. The van der Waals surface area contributed by atoms with Crippen molar-refractivity contribution in [3.05, 3.63) is 52.6 Å². The first-order valence-corrected chi connectivity index (χ1v) is 8.78. The third-order valence-electron chi connectivity index (χ3n) is 4.07. The van der Waals surface area contributed by atoms with Crippen LogP contribution in [-0.4, -0.2) is 42.5 Å². The van der Waals surface area contributed by atoms with Gasteiger partial charge in [0.1, 0.15) is 5.75 Å². The summed E-state index contributed by atoms with van der Waals surface area (Å²) in [5.74, 6) is 1.74. The molecule has 126 valence electrons. The molecule has 1 atom stereocenters. The SMILES string of the molecule is CNC[C@@H]1CCN(C(=O)c2ccc(Oc3cccc(Br)c3)nc2)C1. The van der Waals surface area contributed by atoms with Crippen LogP contribution in [0.15, 0.2) is 47.1 Å². The quantitative estimate of drug-likeness (QED) is 0.851. The summed E-state index contributed by atoms with van der Waals surface area (Å²) in [7, 11) is 1.94. The fraction of sp³-hybridized carbons (Fsp3) is 0.333. The van der Waals surface area contributed by atoms with Crippen LogP contribution in [0.2, 0.25) is 0 Å². The molecule has 5 nitrogen and oxygen atoms in total. The predicted octanol–water partition coefficient (Wildman–Crippen LogP) is 3.32. The second-order valence-corrected chi connectivity index (χ2v) is 6.82. The number of likely N-dealkylation sites (tertiary alicyclic amines) is 1. The number of carbonyl (C=O) groups excluding carboxylic acids is 1. The maximum atomic E-state index is 12.5. The number of halogens is 1. The van der Waals surface area contributed by atoms with Gasteiger partial charge in [0.05, 0.1) is 5.56 Å². The Balaban J connectivity index is 1.63. The molecular weight excluding hydrogens is 370 g/mol. The summed E-state index contributed by atoms with van der Waals surface area (Å²) >= 11 is 3.40. The van der Waals surface area contributed by atoms with Crippen molar-refractivity contribution in [2.24, 2.45) is 5.92 Å². The maximum Gasteiger partial charge on any atom is 0.255 e. The lowest BCUT2D eigenvalue weighted by Crippen LogP contribution is -2.30. The van der Waals surface area contributed by atoms with Gasteiger partial charge in [0.15, 0.2) is 0 Å². The molecule has 0 aliphatic carbocycles. The molecule has 1 aromatic carbocycles. The van der Waals surface area contributed by atoms with Crippen molar-refractivity contribution in [2.45, 2.75) is 6.42 Å². The van der Waals surface area contributed by atoms with Gasteiger partial charge in [-0.05, 0) is 50.2 Å². The van der Waals surface area contributed by atoms with E-state index in [-0.39, 0.29) is 5.91 Å². The van der Waals surface area contributed by atoms with Crippen LogP contribution in [-0.2, 0) is 0 Å². The molecule has 0 spiro atoms. The molecule has 3 rings (SSSR count). The number of pyridine rings is 1. The summed E-state index contributed by atoms with van der Waals surface area (Å²) in [5, 5.41) is 3.17. The van der Waals surface area contributed by atoms with Gasteiger partial charge in [0.25, 0.3) is 5.91 Å². The lowest BCUT2D eigenvalue weighted by Gasteiger charge is -2.16. The standard InChI is InChI=1S/C18H20BrN3O2/c1-20-10-13-7-8-22(12-13)18(23)14-5-6-17(21-11-14)24-16-4-2-3-15(19)9-16/h2-6,9,11,13,20H,7-8,10,12H2,1H3/t13-/m0/s1. The van der Waals surface area contributed by atoms with E-state index in [2.05, 4.69) is 26.2 Å². The number of amides is 1. The fourth-order valence-corrected chi connectivity index (χ4v) is 3.25. The van der Waals surface area contributed by atoms with Crippen molar-refractivity contribution in [1.29, 1.82) is 0 Å². The molecule has 1 saturated heterocycles. The number of hydrogen-bond donors (Lipinski definition) is 1. The summed E-state index contributed by atoms with van der Waals surface area (Å²) in [4.78, 5) is 18.7. The highest BCUT2D eigenvalue weighted by atomic mass is 79.9. The molecule has 2 aromatic rings. The number of nitrogens with one attached hydrogen (secondary N) is 1. The van der Waals surface area contributed by atoms with E-state index in [1.807, 2.05) is 36.2 Å². The van der Waals surface area contributed by atoms with Gasteiger partial charge in [-0.2, -0.15) is 0 Å². The zero-order valence-corrected chi connectivity index (χ0v) is 15.1. The smallest absolute Gasteiger partial charge is 0.255 e. The number of benzene rings is 1. The first kappa shape index (κ1) is 16.9. The molecule has 0 saturated carbocycles. The van der Waals surface area contributed by atoms with Crippen molar-refractivity contribution in [2.75, 3.05) is 26.7 Å². The van der Waals surface area contributed by atoms with E-state index >= 15 is 0 Å². The highest BCUT2D eigenvalue weighted by Crippen LogP contribution is 2.24. The lowest BCUT2D eigenvalue weighted by atomic mass is 10.1. The van der Waals surface area contributed by atoms with E-state index < -0.39 is 0 Å². The van der Waals surface area contributed by atoms with Gasteiger partial charge < -0.3 is 15.0 Å². The molecule has 0 bridgehead atoms. The fourth-order valence-electron chi connectivity index (χ4n) is 2.87. The lowest BCUT2D eigenvalue weighted by molar-refractivity contribution is 0.0786. The first-order chi connectivity index (χ1) is 11.7. The molecule has 6 heteroatoms. The van der Waals surface area contributed by atoms with Gasteiger partial charge in [-0.1, -0.05) is 22.0 Å². The third-order valence-corrected chi connectivity index (χ3v) is 4.56. The summed E-state index contributed by atoms with van der Waals surface area (Å²) in [6.45, 7) is 2.55. The third kappa shape index (κ3) is 4.13. The van der Waals surface area contributed by atoms with Gasteiger partial charge in [0.2, 0.25) is 5.88 Å². The maximum absolute atomic E-state index is 12.5. The highest BCUT2D eigenvalue weighted by Gasteiger charge is 2.26. The Kier molecular flexibility index (Phi) is 5.48. The van der Waals surface area contributed by atoms with Crippen LogP contribution in [0.5, 0.6) is 11.6 Å². The Labute approximate surface area is 150 Å². The molecule has 1 fully saturated rings. The number of carbonyl (C=O) groups is 1. The molecule has 1 N–H and O–H groups in total. The number of aromatic nitrogens is 1. The zero-order valence-electron chi connectivity index (χ0n) is 13.5. The summed E-state index contributed by atoms with van der Waals surface area (Å²) < 4.78 is 6.64. The topological polar surface area (TPSA) is 54.5 Å². The second kappa shape index (κ2) is 7.77. The molecule has 1 amide bonds. The van der Waals surface area contributed by atoms with Gasteiger partial charge >= 0.3 is 0 Å². The Bertz CT molecular complexity index is 706. The van der Waals surface area contributed by atoms with Crippen molar-refractivity contribution in [3.63, 3.8) is 0 Å². The molecule has 1 aliphatic rings. The summed E-state index contributed by atoms with van der Waals surface area (Å²) in [6.07, 6.45) is 2.63. The predicted molar refractivity (Wildman–Crippen MR) is 96.4 cm³/mol. The number of nitrogens with zero attached hydrogens (tertiary/aromatic N) is 2. The van der Waals surface area contributed by atoms with Crippen molar-refractivity contribution < 1.29 is 9.53 Å². The van der Waals surface area contributed by atoms with Gasteiger partial charge in [0, 0.05) is 29.8 Å². The van der Waals surface area contributed by atoms with Crippen LogP contribution in [0.1, 0.15) is 16.8 Å². The average Bonchev–Trinajstić information content (AvgIpc) is 3.04. The molecule has 1 aliphatic heterocycles. The van der Waals surface area contributed by atoms with E-state index in [1.165, 1.54) is 0 Å². The minimum absolute atomic E-state index is 0.0371. The van der Waals surface area contributed by atoms with Crippen LogP contribution in [0.4, 0.5) is 0 Å². The van der Waals surface area contributed by atoms with Crippen LogP contribution in [0.3, 0.4) is 0 Å². The minimum atomic E-state index is 0.0371. The molecule has 0 radical (unpaired) electrons. The molecule has 24 heavy (non-hydrogen) atoms. The molecule has 1 aromatic heterocycles. The Morgan fingerprint density at radius 2 is 2.29 bits per heavy atom. The summed E-state index contributed by atoms with van der Waals surface area (Å²) in [6, 6.07) is 11.1. The average molecular weight is 390 g/mol. The highest BCUT2D eigenvalue weighted by molar-refractivity contribution is 9.10. The van der Waals surface area contributed by atoms with Crippen LogP contribution in [0, 0.1) is 5.92 Å². The monoisotopic (exact) mass is 389 g/mol. The van der Waals surface area contributed by atoms with Crippen LogP contribution >= 0.6 is 15.9 Å². The van der Waals surface area contributed by atoms with E-state index in [9.17, 15) is 4.79 Å². The van der Waals surface area contributed by atoms with E-state index in [4.69, 9.17) is 4.74 Å². The Morgan fingerprint density at radius 3 is 3.00 bits per heavy atom. The van der Waals surface area contributed by atoms with E-state index in [0.717, 1.165) is 30.5 Å².